The van der Waals surface area contributed by atoms with Crippen LogP contribution in [0.25, 0.3) is 0 Å². The van der Waals surface area contributed by atoms with Gasteiger partial charge in [0.25, 0.3) is 0 Å². The van der Waals surface area contributed by atoms with Gasteiger partial charge in [-0.05, 0) is 39.4 Å². The van der Waals surface area contributed by atoms with Crippen molar-refractivity contribution in [2.75, 3.05) is 60.4 Å². The third kappa shape index (κ3) is 6.19. The molecular formula is C22H38N6. The van der Waals surface area contributed by atoms with E-state index in [1.54, 1.807) is 0 Å². The van der Waals surface area contributed by atoms with E-state index in [2.05, 4.69) is 75.6 Å². The molecule has 28 heavy (non-hydrogen) atoms. The number of likely N-dealkylation sites (tertiary alicyclic amines) is 1. The van der Waals surface area contributed by atoms with E-state index in [-0.39, 0.29) is 0 Å². The quantitative estimate of drug-likeness (QED) is 0.591. The summed E-state index contributed by atoms with van der Waals surface area (Å²) in [5.41, 5.74) is 2.77. The predicted molar refractivity (Wildman–Crippen MR) is 118 cm³/mol. The summed E-state index contributed by atoms with van der Waals surface area (Å²) < 4.78 is 0. The second-order valence-corrected chi connectivity index (χ2v) is 8.53. The number of nitrogens with zero attached hydrogens (tertiary/aromatic N) is 4. The fourth-order valence-electron chi connectivity index (χ4n) is 4.23. The Labute approximate surface area is 171 Å². The van der Waals surface area contributed by atoms with Crippen LogP contribution in [0, 0.1) is 6.92 Å². The van der Waals surface area contributed by atoms with Crippen molar-refractivity contribution in [2.24, 2.45) is 4.99 Å². The van der Waals surface area contributed by atoms with Crippen LogP contribution in [0.4, 0.5) is 0 Å². The number of aryl methyl sites for hydroxylation is 1. The zero-order chi connectivity index (χ0) is 19.9. The Morgan fingerprint density at radius 1 is 1.14 bits per heavy atom. The third-order valence-electron chi connectivity index (χ3n) is 6.13. The first-order chi connectivity index (χ1) is 13.5. The van der Waals surface area contributed by atoms with Crippen LogP contribution in [-0.4, -0.2) is 93.2 Å². The lowest BCUT2D eigenvalue weighted by Crippen LogP contribution is -2.56. The molecule has 2 aliphatic heterocycles. The van der Waals surface area contributed by atoms with Gasteiger partial charge in [0.1, 0.15) is 0 Å². The minimum atomic E-state index is 0.506. The standard InChI is InChI=1S/C22H38N6/c1-18-6-5-7-19(14-18)16-28-10-8-20(9-11-28)25-22(23-2)24-15-21-17-26(3)12-13-27(21)4/h5-7,14,20-21H,8-13,15-17H2,1-4H3,(H2,23,24,25). The van der Waals surface area contributed by atoms with E-state index in [1.165, 1.54) is 24.0 Å². The molecule has 6 heteroatoms. The number of hydrogen-bond acceptors (Lipinski definition) is 4. The van der Waals surface area contributed by atoms with Gasteiger partial charge in [0.05, 0.1) is 0 Å². The molecular weight excluding hydrogens is 348 g/mol. The summed E-state index contributed by atoms with van der Waals surface area (Å²) in [5.74, 6) is 0.943. The predicted octanol–water partition coefficient (Wildman–Crippen LogP) is 1.37. The van der Waals surface area contributed by atoms with Crippen LogP contribution >= 0.6 is 0 Å². The summed E-state index contributed by atoms with van der Waals surface area (Å²) in [5, 5.41) is 7.20. The molecule has 0 bridgehead atoms. The van der Waals surface area contributed by atoms with Gasteiger partial charge in [0, 0.05) is 64.9 Å². The maximum absolute atomic E-state index is 4.46. The molecule has 6 nitrogen and oxygen atoms in total. The van der Waals surface area contributed by atoms with Gasteiger partial charge in [0.15, 0.2) is 5.96 Å². The number of aliphatic imine (C=N–C) groups is 1. The van der Waals surface area contributed by atoms with Crippen molar-refractivity contribution >= 4 is 5.96 Å². The summed E-state index contributed by atoms with van der Waals surface area (Å²) in [6.07, 6.45) is 2.33. The van der Waals surface area contributed by atoms with Crippen molar-refractivity contribution in [3.63, 3.8) is 0 Å². The normalized spacial score (nSPS) is 23.7. The summed E-state index contributed by atoms with van der Waals surface area (Å²) in [6, 6.07) is 9.91. The maximum atomic E-state index is 4.46. The minimum Gasteiger partial charge on any atom is -0.355 e. The molecule has 1 aromatic carbocycles. The molecule has 2 heterocycles. The highest BCUT2D eigenvalue weighted by Crippen LogP contribution is 2.15. The number of piperazine rings is 1. The second-order valence-electron chi connectivity index (χ2n) is 8.53. The van der Waals surface area contributed by atoms with Crippen molar-refractivity contribution in [2.45, 2.75) is 38.4 Å². The van der Waals surface area contributed by atoms with Gasteiger partial charge in [0.2, 0.25) is 0 Å². The van der Waals surface area contributed by atoms with E-state index in [0.717, 1.165) is 51.8 Å². The van der Waals surface area contributed by atoms with Gasteiger partial charge in [-0.2, -0.15) is 0 Å². The number of nitrogens with one attached hydrogen (secondary N) is 2. The highest BCUT2D eigenvalue weighted by molar-refractivity contribution is 5.80. The van der Waals surface area contributed by atoms with E-state index in [1.807, 2.05) is 7.05 Å². The molecule has 156 valence electrons. The molecule has 3 rings (SSSR count). The van der Waals surface area contributed by atoms with Crippen molar-refractivity contribution in [3.05, 3.63) is 35.4 Å². The molecule has 1 aromatic rings. The summed E-state index contributed by atoms with van der Waals surface area (Å²) in [6.45, 7) is 9.84. The lowest BCUT2D eigenvalue weighted by molar-refractivity contribution is 0.116. The molecule has 1 unspecified atom stereocenters. The summed E-state index contributed by atoms with van der Waals surface area (Å²) in [4.78, 5) is 11.9. The first kappa shape index (κ1) is 21.1. The molecule has 0 spiro atoms. The summed E-state index contributed by atoms with van der Waals surface area (Å²) in [7, 11) is 6.30. The van der Waals surface area contributed by atoms with Gasteiger partial charge < -0.3 is 15.5 Å². The number of likely N-dealkylation sites (N-methyl/N-ethyl adjacent to an activating group) is 2. The Hall–Kier alpha value is -1.63. The van der Waals surface area contributed by atoms with Crippen LogP contribution in [0.15, 0.2) is 29.3 Å². The Bertz CT molecular complexity index is 638. The molecule has 0 radical (unpaired) electrons. The largest absolute Gasteiger partial charge is 0.355 e. The average molecular weight is 387 g/mol. The van der Waals surface area contributed by atoms with Crippen LogP contribution in [0.1, 0.15) is 24.0 Å². The fourth-order valence-corrected chi connectivity index (χ4v) is 4.23. The fraction of sp³-hybridized carbons (Fsp3) is 0.682. The number of hydrogen-bond donors (Lipinski definition) is 2. The van der Waals surface area contributed by atoms with Gasteiger partial charge in [-0.3, -0.25) is 14.8 Å². The van der Waals surface area contributed by atoms with Crippen LogP contribution in [0.3, 0.4) is 0 Å². The SMILES string of the molecule is CN=C(NCC1CN(C)CCN1C)NC1CCN(Cc2cccc(C)c2)CC1. The molecule has 0 aliphatic carbocycles. The Morgan fingerprint density at radius 3 is 2.64 bits per heavy atom. The van der Waals surface area contributed by atoms with Crippen molar-refractivity contribution in [3.8, 4) is 0 Å². The highest BCUT2D eigenvalue weighted by atomic mass is 15.3. The minimum absolute atomic E-state index is 0.506. The number of guanidine groups is 1. The van der Waals surface area contributed by atoms with Crippen LogP contribution in [0.5, 0.6) is 0 Å². The Kier molecular flexibility index (Phi) is 7.71. The smallest absolute Gasteiger partial charge is 0.191 e. The van der Waals surface area contributed by atoms with Crippen molar-refractivity contribution in [1.29, 1.82) is 0 Å². The first-order valence-electron chi connectivity index (χ1n) is 10.7. The molecule has 0 amide bonds. The van der Waals surface area contributed by atoms with E-state index in [0.29, 0.717) is 12.1 Å². The van der Waals surface area contributed by atoms with Crippen molar-refractivity contribution in [1.82, 2.24) is 25.3 Å². The van der Waals surface area contributed by atoms with E-state index in [9.17, 15) is 0 Å². The molecule has 2 saturated heterocycles. The number of piperidine rings is 1. The van der Waals surface area contributed by atoms with Crippen LogP contribution in [0.2, 0.25) is 0 Å². The van der Waals surface area contributed by atoms with Crippen LogP contribution in [-0.2, 0) is 6.54 Å². The topological polar surface area (TPSA) is 46.1 Å². The molecule has 1 atom stereocenters. The van der Waals surface area contributed by atoms with Gasteiger partial charge in [-0.15, -0.1) is 0 Å². The average Bonchev–Trinajstić information content (AvgIpc) is 2.69. The zero-order valence-electron chi connectivity index (χ0n) is 18.1. The Balaban J connectivity index is 1.40. The highest BCUT2D eigenvalue weighted by Gasteiger charge is 2.23. The summed E-state index contributed by atoms with van der Waals surface area (Å²) >= 11 is 0. The van der Waals surface area contributed by atoms with Crippen molar-refractivity contribution < 1.29 is 0 Å². The molecule has 2 fully saturated rings. The Morgan fingerprint density at radius 2 is 1.93 bits per heavy atom. The molecule has 0 aromatic heterocycles. The lowest BCUT2D eigenvalue weighted by atomic mass is 10.0. The van der Waals surface area contributed by atoms with E-state index >= 15 is 0 Å². The molecule has 2 N–H and O–H groups in total. The van der Waals surface area contributed by atoms with Crippen LogP contribution < -0.4 is 10.6 Å². The monoisotopic (exact) mass is 386 g/mol. The van der Waals surface area contributed by atoms with E-state index in [4.69, 9.17) is 0 Å². The van der Waals surface area contributed by atoms with Gasteiger partial charge in [-0.1, -0.05) is 29.8 Å². The second kappa shape index (κ2) is 10.2. The third-order valence-corrected chi connectivity index (χ3v) is 6.13. The molecule has 2 aliphatic rings. The molecule has 0 saturated carbocycles. The lowest BCUT2D eigenvalue weighted by Gasteiger charge is -2.38. The van der Waals surface area contributed by atoms with E-state index < -0.39 is 0 Å². The first-order valence-corrected chi connectivity index (χ1v) is 10.7. The maximum Gasteiger partial charge on any atom is 0.191 e. The number of benzene rings is 1. The van der Waals surface area contributed by atoms with Gasteiger partial charge >= 0.3 is 0 Å². The zero-order valence-corrected chi connectivity index (χ0v) is 18.1. The number of rotatable bonds is 5. The van der Waals surface area contributed by atoms with Gasteiger partial charge in [-0.25, -0.2) is 0 Å².